The Labute approximate surface area is 85.4 Å². The van der Waals surface area contributed by atoms with Crippen molar-refractivity contribution in [3.63, 3.8) is 0 Å². The van der Waals surface area contributed by atoms with Crippen molar-refractivity contribution in [2.45, 2.75) is 19.3 Å². The number of rotatable bonds is 4. The van der Waals surface area contributed by atoms with Crippen LogP contribution >= 0.6 is 0 Å². The Balaban J connectivity index is 2.88. The van der Waals surface area contributed by atoms with E-state index in [1.165, 1.54) is 5.56 Å². The second-order valence-corrected chi connectivity index (χ2v) is 3.40. The van der Waals surface area contributed by atoms with E-state index in [1.54, 1.807) is 0 Å². The van der Waals surface area contributed by atoms with E-state index in [0.29, 0.717) is 6.54 Å². The molecule has 0 aliphatic heterocycles. The molecule has 1 aromatic rings. The topological polar surface area (TPSA) is 49.8 Å². The number of hydrogen-bond acceptors (Lipinski definition) is 2. The van der Waals surface area contributed by atoms with Crippen LogP contribution in [0.2, 0.25) is 0 Å². The van der Waals surface area contributed by atoms with Crippen LogP contribution < -0.4 is 5.73 Å². The summed E-state index contributed by atoms with van der Waals surface area (Å²) in [5, 5.41) is 8.96. The summed E-state index contributed by atoms with van der Waals surface area (Å²) in [4.78, 5) is 0. The summed E-state index contributed by atoms with van der Waals surface area (Å²) in [6, 6.07) is 12.4. The SMILES string of the molecule is CCC(c1ccccc1)C(C#N)CN. The smallest absolute Gasteiger partial charge is 0.0675 e. The Bertz CT molecular complexity index is 300. The monoisotopic (exact) mass is 188 g/mol. The van der Waals surface area contributed by atoms with Gasteiger partial charge in [-0.3, -0.25) is 0 Å². The highest BCUT2D eigenvalue weighted by Gasteiger charge is 2.19. The molecule has 0 aliphatic rings. The zero-order chi connectivity index (χ0) is 10.4. The van der Waals surface area contributed by atoms with E-state index in [1.807, 2.05) is 18.2 Å². The van der Waals surface area contributed by atoms with Gasteiger partial charge in [-0.2, -0.15) is 5.26 Å². The first-order valence-corrected chi connectivity index (χ1v) is 4.98. The van der Waals surface area contributed by atoms with Crippen LogP contribution in [-0.2, 0) is 0 Å². The highest BCUT2D eigenvalue weighted by atomic mass is 14.6. The van der Waals surface area contributed by atoms with E-state index < -0.39 is 0 Å². The minimum atomic E-state index is -0.0672. The minimum absolute atomic E-state index is 0.0672. The Kier molecular flexibility index (Phi) is 4.15. The molecule has 2 unspecified atom stereocenters. The van der Waals surface area contributed by atoms with Crippen molar-refractivity contribution in [3.05, 3.63) is 35.9 Å². The lowest BCUT2D eigenvalue weighted by atomic mass is 9.85. The van der Waals surface area contributed by atoms with Crippen molar-refractivity contribution >= 4 is 0 Å². The van der Waals surface area contributed by atoms with Gasteiger partial charge in [-0.1, -0.05) is 37.3 Å². The van der Waals surface area contributed by atoms with E-state index in [2.05, 4.69) is 25.1 Å². The first-order chi connectivity index (χ1) is 6.83. The van der Waals surface area contributed by atoms with Crippen LogP contribution in [0.5, 0.6) is 0 Å². The van der Waals surface area contributed by atoms with Crippen molar-refractivity contribution < 1.29 is 0 Å². The largest absolute Gasteiger partial charge is 0.329 e. The van der Waals surface area contributed by atoms with E-state index in [-0.39, 0.29) is 11.8 Å². The Morgan fingerprint density at radius 3 is 2.43 bits per heavy atom. The molecule has 2 heteroatoms. The highest BCUT2D eigenvalue weighted by molar-refractivity contribution is 5.22. The fraction of sp³-hybridized carbons (Fsp3) is 0.417. The Morgan fingerprint density at radius 1 is 1.36 bits per heavy atom. The molecule has 2 N–H and O–H groups in total. The van der Waals surface area contributed by atoms with E-state index in [4.69, 9.17) is 11.0 Å². The fourth-order valence-corrected chi connectivity index (χ4v) is 1.76. The van der Waals surface area contributed by atoms with Crippen molar-refractivity contribution in [2.75, 3.05) is 6.54 Å². The molecule has 14 heavy (non-hydrogen) atoms. The van der Waals surface area contributed by atoms with Gasteiger partial charge < -0.3 is 5.73 Å². The van der Waals surface area contributed by atoms with Crippen molar-refractivity contribution in [1.82, 2.24) is 0 Å². The highest BCUT2D eigenvalue weighted by Crippen LogP contribution is 2.26. The molecule has 0 saturated carbocycles. The summed E-state index contributed by atoms with van der Waals surface area (Å²) in [7, 11) is 0. The Hall–Kier alpha value is -1.33. The molecule has 0 aliphatic carbocycles. The van der Waals surface area contributed by atoms with Gasteiger partial charge >= 0.3 is 0 Å². The third kappa shape index (κ3) is 2.34. The maximum Gasteiger partial charge on any atom is 0.0675 e. The predicted molar refractivity (Wildman–Crippen MR) is 57.6 cm³/mol. The molecule has 0 radical (unpaired) electrons. The summed E-state index contributed by atoms with van der Waals surface area (Å²) in [5.74, 6) is 0.202. The second-order valence-electron chi connectivity index (χ2n) is 3.40. The zero-order valence-corrected chi connectivity index (χ0v) is 8.48. The van der Waals surface area contributed by atoms with Crippen molar-refractivity contribution in [3.8, 4) is 6.07 Å². The molecule has 2 atom stereocenters. The van der Waals surface area contributed by atoms with Gasteiger partial charge in [0.2, 0.25) is 0 Å². The molecule has 0 spiro atoms. The number of benzene rings is 1. The molecule has 2 nitrogen and oxygen atoms in total. The van der Waals surface area contributed by atoms with Crippen LogP contribution in [0.4, 0.5) is 0 Å². The van der Waals surface area contributed by atoms with Crippen LogP contribution in [0.15, 0.2) is 30.3 Å². The molecule has 1 rings (SSSR count). The average Bonchev–Trinajstić information content (AvgIpc) is 2.27. The van der Waals surface area contributed by atoms with Crippen molar-refractivity contribution in [1.29, 1.82) is 5.26 Å². The van der Waals surface area contributed by atoms with Gasteiger partial charge in [0.15, 0.2) is 0 Å². The maximum absolute atomic E-state index is 8.96. The third-order valence-electron chi connectivity index (χ3n) is 2.57. The molecule has 74 valence electrons. The molecule has 0 heterocycles. The lowest BCUT2D eigenvalue weighted by Crippen LogP contribution is -2.20. The van der Waals surface area contributed by atoms with E-state index >= 15 is 0 Å². The lowest BCUT2D eigenvalue weighted by molar-refractivity contribution is 0.511. The molecular formula is C12H16N2. The maximum atomic E-state index is 8.96. The molecular weight excluding hydrogens is 172 g/mol. The summed E-state index contributed by atoms with van der Waals surface area (Å²) in [6.07, 6.45) is 0.958. The van der Waals surface area contributed by atoms with Gasteiger partial charge in [0.25, 0.3) is 0 Å². The first-order valence-electron chi connectivity index (χ1n) is 4.98. The van der Waals surface area contributed by atoms with Crippen LogP contribution in [0.3, 0.4) is 0 Å². The average molecular weight is 188 g/mol. The van der Waals surface area contributed by atoms with Crippen LogP contribution in [0, 0.1) is 17.2 Å². The molecule has 0 amide bonds. The molecule has 0 saturated heterocycles. The second kappa shape index (κ2) is 5.41. The van der Waals surface area contributed by atoms with Gasteiger partial charge in [0.05, 0.1) is 12.0 Å². The summed E-state index contributed by atoms with van der Waals surface area (Å²) < 4.78 is 0. The number of nitrogens with two attached hydrogens (primary N) is 1. The number of hydrogen-bond donors (Lipinski definition) is 1. The molecule has 0 aromatic heterocycles. The van der Waals surface area contributed by atoms with Gasteiger partial charge in [-0.05, 0) is 12.0 Å². The first kappa shape index (κ1) is 10.7. The predicted octanol–water partition coefficient (Wildman–Crippen LogP) is 2.28. The van der Waals surface area contributed by atoms with E-state index in [0.717, 1.165) is 6.42 Å². The molecule has 0 fully saturated rings. The summed E-state index contributed by atoms with van der Waals surface area (Å²) in [6.45, 7) is 2.53. The number of nitrogens with zero attached hydrogens (tertiary/aromatic N) is 1. The van der Waals surface area contributed by atoms with Gasteiger partial charge in [-0.25, -0.2) is 0 Å². The standard InChI is InChI=1S/C12H16N2/c1-2-12(11(8-13)9-14)10-6-4-3-5-7-10/h3-7,11-12H,2,8,13H2,1H3. The van der Waals surface area contributed by atoms with Gasteiger partial charge in [0, 0.05) is 12.5 Å². The number of nitriles is 1. The van der Waals surface area contributed by atoms with Gasteiger partial charge in [-0.15, -0.1) is 0 Å². The molecule has 0 bridgehead atoms. The van der Waals surface area contributed by atoms with Crippen LogP contribution in [-0.4, -0.2) is 6.54 Å². The van der Waals surface area contributed by atoms with Crippen molar-refractivity contribution in [2.24, 2.45) is 11.7 Å². The lowest BCUT2D eigenvalue weighted by Gasteiger charge is -2.19. The molecule has 1 aromatic carbocycles. The minimum Gasteiger partial charge on any atom is -0.329 e. The van der Waals surface area contributed by atoms with Crippen LogP contribution in [0.25, 0.3) is 0 Å². The fourth-order valence-electron chi connectivity index (χ4n) is 1.76. The Morgan fingerprint density at radius 2 is 2.00 bits per heavy atom. The summed E-state index contributed by atoms with van der Waals surface area (Å²) >= 11 is 0. The summed E-state index contributed by atoms with van der Waals surface area (Å²) in [5.41, 5.74) is 6.79. The van der Waals surface area contributed by atoms with E-state index in [9.17, 15) is 0 Å². The third-order valence-corrected chi connectivity index (χ3v) is 2.57. The quantitative estimate of drug-likeness (QED) is 0.788. The van der Waals surface area contributed by atoms with Crippen LogP contribution in [0.1, 0.15) is 24.8 Å². The normalized spacial score (nSPS) is 14.4. The van der Waals surface area contributed by atoms with Gasteiger partial charge in [0.1, 0.15) is 0 Å². The zero-order valence-electron chi connectivity index (χ0n) is 8.48.